The molecule has 0 bridgehead atoms. The average molecular weight is 283 g/mol. The highest BCUT2D eigenvalue weighted by atomic mass is 79.9. The van der Waals surface area contributed by atoms with Gasteiger partial charge in [-0.25, -0.2) is 2.92 Å². The summed E-state index contributed by atoms with van der Waals surface area (Å²) >= 11 is 5.12. The number of carbonyl (C=O) groups is 1. The van der Waals surface area contributed by atoms with Crippen LogP contribution >= 0.6 is 42.4 Å². The number of rotatable bonds is 1. The molecule has 0 aliphatic heterocycles. The smallest absolute Gasteiger partial charge is 0.209 e. The Morgan fingerprint density at radius 1 is 1.44 bits per heavy atom. The minimum Gasteiger partial charge on any atom is -0.351 e. The molecule has 0 N–H and O–H groups in total. The molecule has 0 aromatic carbocycles. The van der Waals surface area contributed by atoms with Gasteiger partial charge in [-0.05, 0) is 0 Å². The highest BCUT2D eigenvalue weighted by Gasteiger charge is 1.68. The highest BCUT2D eigenvalue weighted by molar-refractivity contribution is 9.18. The van der Waals surface area contributed by atoms with E-state index in [1.54, 1.807) is 14.1 Å². The summed E-state index contributed by atoms with van der Waals surface area (Å²) in [5.74, 6) is 0. The molecule has 58 valence electrons. The summed E-state index contributed by atoms with van der Waals surface area (Å²) in [6, 6.07) is 0. The number of nitrogens with zero attached hydrogens (tertiary/aromatic N) is 1. The Labute approximate surface area is 75.6 Å². The third-order valence-electron chi connectivity index (χ3n) is 0.211. The molecule has 0 fully saturated rings. The van der Waals surface area contributed by atoms with Gasteiger partial charge in [0.1, 0.15) is 32.5 Å². The highest BCUT2D eigenvalue weighted by Crippen LogP contribution is 1.88. The van der Waals surface area contributed by atoms with E-state index in [0.717, 1.165) is 6.41 Å². The minimum atomic E-state index is 0. The fraction of sp³-hybridized carbons (Fsp3) is 0.667. The van der Waals surface area contributed by atoms with Gasteiger partial charge in [-0.15, -0.1) is 0 Å². The van der Waals surface area contributed by atoms with Crippen molar-refractivity contribution in [2.24, 2.45) is 0 Å². The molecule has 0 aliphatic rings. The van der Waals surface area contributed by atoms with Crippen molar-refractivity contribution in [1.82, 2.24) is 4.90 Å². The minimum absolute atomic E-state index is 0. The maximum atomic E-state index is 9.43. The van der Waals surface area contributed by atoms with Crippen LogP contribution in [-0.2, 0) is 7.71 Å². The molecule has 1 unspecified atom stereocenters. The summed E-state index contributed by atoms with van der Waals surface area (Å²) in [6.07, 6.45) is 0.750. The van der Waals surface area contributed by atoms with E-state index in [0.29, 0.717) is 0 Å². The Kier molecular flexibility index (Phi) is 29.1. The topological polar surface area (TPSA) is 29.5 Å². The van der Waals surface area contributed by atoms with Crippen molar-refractivity contribution in [1.29, 1.82) is 0 Å². The zero-order valence-electron chi connectivity index (χ0n) is 5.30. The van der Waals surface area contributed by atoms with Gasteiger partial charge in [0, 0.05) is 14.1 Å². The van der Waals surface area contributed by atoms with E-state index in [1.165, 1.54) is 4.90 Å². The molecule has 1 atom stereocenters. The average Bonchev–Trinajstić information content (AvgIpc) is 1.69. The van der Waals surface area contributed by atoms with Crippen LogP contribution < -0.4 is 0 Å². The first-order chi connectivity index (χ1) is 3.68. The van der Waals surface area contributed by atoms with Crippen molar-refractivity contribution in [3.8, 4) is 0 Å². The predicted molar refractivity (Wildman–Crippen MR) is 49.8 cm³/mol. The lowest BCUT2D eigenvalue weighted by Gasteiger charge is -1.93. The maximum Gasteiger partial charge on any atom is 0.209 e. The maximum absolute atomic E-state index is 9.43. The molecule has 0 aliphatic carbocycles. The van der Waals surface area contributed by atoms with Crippen LogP contribution in [0.4, 0.5) is 0 Å². The molecule has 9 heavy (non-hydrogen) atoms. The Balaban J connectivity index is -0.0000000800. The number of hydrogen-bond acceptors (Lipinski definition) is 2. The fourth-order valence-corrected chi connectivity index (χ4v) is 0. The molecule has 0 spiro atoms. The number of amides is 1. The van der Waals surface area contributed by atoms with Gasteiger partial charge in [-0.2, -0.15) is 9.90 Å². The van der Waals surface area contributed by atoms with Crippen LogP contribution in [0.5, 0.6) is 0 Å². The third-order valence-corrected chi connectivity index (χ3v) is 0.211. The van der Waals surface area contributed by atoms with Crippen molar-refractivity contribution in [2.75, 3.05) is 14.1 Å². The van der Waals surface area contributed by atoms with E-state index in [9.17, 15) is 4.79 Å². The van der Waals surface area contributed by atoms with E-state index >= 15 is 0 Å². The van der Waals surface area contributed by atoms with Gasteiger partial charge in [0.2, 0.25) is 6.41 Å². The van der Waals surface area contributed by atoms with Gasteiger partial charge in [0.25, 0.3) is 0 Å². The van der Waals surface area contributed by atoms with E-state index in [1.807, 2.05) is 0 Å². The zero-order chi connectivity index (χ0) is 6.99. The summed E-state index contributed by atoms with van der Waals surface area (Å²) in [5, 5.41) is 0. The largest absolute Gasteiger partial charge is 0.351 e. The first-order valence-corrected chi connectivity index (χ1v) is 2.99. The Bertz CT molecular complexity index is 55.1. The molecular formula is C3H10Br2NO2P. The second kappa shape index (κ2) is 15.9. The Hall–Kier alpha value is 0.820. The molecular weight excluding hydrogens is 273 g/mol. The van der Waals surface area contributed by atoms with Crippen LogP contribution in [-0.4, -0.2) is 25.4 Å². The molecule has 6 heteroatoms. The van der Waals surface area contributed by atoms with Crippen LogP contribution in [0.3, 0.4) is 0 Å². The van der Waals surface area contributed by atoms with E-state index < -0.39 is 0 Å². The molecule has 1 amide bonds. The lowest BCUT2D eigenvalue weighted by atomic mass is 11.0. The second-order valence-corrected chi connectivity index (χ2v) is 2.64. The normalized spacial score (nSPS) is 5.78. The van der Waals surface area contributed by atoms with Crippen LogP contribution in [0, 0.1) is 0 Å². The first-order valence-electron chi connectivity index (χ1n) is 1.70. The molecule has 0 radical (unpaired) electrons. The van der Waals surface area contributed by atoms with Gasteiger partial charge in [-0.3, -0.25) is 4.79 Å². The summed E-state index contributed by atoms with van der Waals surface area (Å²) in [5.41, 5.74) is 0. The first kappa shape index (κ1) is 16.4. The van der Waals surface area contributed by atoms with Gasteiger partial charge in [0.15, 0.2) is 0 Å². The van der Waals surface area contributed by atoms with E-state index in [4.69, 9.17) is 0 Å². The van der Waals surface area contributed by atoms with Crippen LogP contribution in [0.1, 0.15) is 0 Å². The molecule has 0 aromatic rings. The number of halogens is 2. The van der Waals surface area contributed by atoms with Gasteiger partial charge in [0.05, 0.1) is 0 Å². The predicted octanol–water partition coefficient (Wildman–Crippen LogP) is 1.39. The summed E-state index contributed by atoms with van der Waals surface area (Å²) in [7, 11) is 3.38. The van der Waals surface area contributed by atoms with E-state index in [2.05, 4.69) is 35.4 Å². The SMILES string of the molecule is BrOBr.CN(C)C=O.P. The van der Waals surface area contributed by atoms with Gasteiger partial charge >= 0.3 is 0 Å². The standard InChI is InChI=1S/C3H7NO.Br2O.H3P/c1-4(2)3-5;1-3-2;/h3H,1-2H3;;1H3. The lowest BCUT2D eigenvalue weighted by Crippen LogP contribution is -2.06. The van der Waals surface area contributed by atoms with Crippen LogP contribution in [0.25, 0.3) is 0 Å². The Morgan fingerprint density at radius 2 is 1.56 bits per heavy atom. The summed E-state index contributed by atoms with van der Waals surface area (Å²) in [6.45, 7) is 0. The number of carbonyl (C=O) groups excluding carboxylic acids is 1. The third kappa shape index (κ3) is 51.6. The van der Waals surface area contributed by atoms with Crippen molar-refractivity contribution < 1.29 is 7.71 Å². The monoisotopic (exact) mass is 281 g/mol. The van der Waals surface area contributed by atoms with Crippen molar-refractivity contribution in [3.63, 3.8) is 0 Å². The van der Waals surface area contributed by atoms with Crippen LogP contribution in [0.15, 0.2) is 0 Å². The molecule has 0 aromatic heterocycles. The fourth-order valence-electron chi connectivity index (χ4n) is 0. The molecule has 0 rings (SSSR count). The second-order valence-electron chi connectivity index (χ2n) is 1.13. The number of hydrogen-bond donors (Lipinski definition) is 0. The zero-order valence-corrected chi connectivity index (χ0v) is 9.89. The van der Waals surface area contributed by atoms with Crippen LogP contribution in [0.2, 0.25) is 0 Å². The molecule has 0 saturated carbocycles. The lowest BCUT2D eigenvalue weighted by molar-refractivity contribution is -0.115. The Morgan fingerprint density at radius 3 is 1.56 bits per heavy atom. The molecule has 0 heterocycles. The summed E-state index contributed by atoms with van der Waals surface area (Å²) in [4.78, 5) is 10.9. The molecule has 0 saturated heterocycles. The van der Waals surface area contributed by atoms with E-state index in [-0.39, 0.29) is 9.90 Å². The van der Waals surface area contributed by atoms with Crippen molar-refractivity contribution >= 4 is 48.8 Å². The van der Waals surface area contributed by atoms with Gasteiger partial charge < -0.3 is 4.90 Å². The van der Waals surface area contributed by atoms with Gasteiger partial charge in [-0.1, -0.05) is 0 Å². The summed E-state index contributed by atoms with van der Waals surface area (Å²) < 4.78 is 3.88. The molecule has 3 nitrogen and oxygen atoms in total. The van der Waals surface area contributed by atoms with Crippen molar-refractivity contribution in [3.05, 3.63) is 0 Å². The van der Waals surface area contributed by atoms with Crippen molar-refractivity contribution in [2.45, 2.75) is 0 Å². The quantitative estimate of drug-likeness (QED) is 0.537.